The molecule has 5 atom stereocenters. The Labute approximate surface area is 144 Å². The van der Waals surface area contributed by atoms with E-state index in [2.05, 4.69) is 19.2 Å². The van der Waals surface area contributed by atoms with E-state index >= 15 is 0 Å². The Morgan fingerprint density at radius 1 is 1.21 bits per heavy atom. The number of carbonyl (C=O) groups is 2. The van der Waals surface area contributed by atoms with Gasteiger partial charge < -0.3 is 10.4 Å². The molecule has 0 aromatic carbocycles. The molecule has 4 heteroatoms. The summed E-state index contributed by atoms with van der Waals surface area (Å²) in [5.74, 6) is 0.572. The van der Waals surface area contributed by atoms with E-state index in [9.17, 15) is 14.7 Å². The molecule has 1 saturated carbocycles. The highest BCUT2D eigenvalue weighted by atomic mass is 16.3. The highest BCUT2D eigenvalue weighted by Gasteiger charge is 2.57. The Balaban J connectivity index is 1.95. The van der Waals surface area contributed by atoms with Gasteiger partial charge in [0, 0.05) is 5.92 Å². The molecule has 3 rings (SSSR count). The molecule has 1 heterocycles. The fraction of sp³-hybridized carbons (Fsp3) is 0.700. The molecule has 1 aliphatic heterocycles. The van der Waals surface area contributed by atoms with Gasteiger partial charge in [-0.2, -0.15) is 0 Å². The van der Waals surface area contributed by atoms with Crippen LogP contribution >= 0.6 is 0 Å². The van der Waals surface area contributed by atoms with Crippen LogP contribution in [0, 0.1) is 23.2 Å². The van der Waals surface area contributed by atoms with Crippen molar-refractivity contribution in [3.8, 4) is 0 Å². The monoisotopic (exact) mass is 331 g/mol. The van der Waals surface area contributed by atoms with Crippen LogP contribution in [0.3, 0.4) is 0 Å². The molecule has 132 valence electrons. The third kappa shape index (κ3) is 2.85. The number of ketones is 1. The molecule has 1 fully saturated rings. The molecule has 24 heavy (non-hydrogen) atoms. The van der Waals surface area contributed by atoms with Gasteiger partial charge in [0.15, 0.2) is 5.78 Å². The Morgan fingerprint density at radius 3 is 2.54 bits per heavy atom. The second kappa shape index (κ2) is 5.55. The van der Waals surface area contributed by atoms with E-state index in [1.807, 2.05) is 26.8 Å². The first-order valence-electron chi connectivity index (χ1n) is 9.02. The molecule has 0 saturated heterocycles. The number of amides is 1. The minimum Gasteiger partial charge on any atom is -0.386 e. The zero-order chi connectivity index (χ0) is 17.9. The lowest BCUT2D eigenvalue weighted by atomic mass is 9.90. The summed E-state index contributed by atoms with van der Waals surface area (Å²) in [7, 11) is 0. The van der Waals surface area contributed by atoms with Gasteiger partial charge >= 0.3 is 0 Å². The average molecular weight is 331 g/mol. The second-order valence-corrected chi connectivity index (χ2v) is 8.80. The summed E-state index contributed by atoms with van der Waals surface area (Å²) in [6.07, 6.45) is 6.09. The summed E-state index contributed by atoms with van der Waals surface area (Å²) < 4.78 is 0. The van der Waals surface area contributed by atoms with Crippen molar-refractivity contribution in [2.75, 3.05) is 0 Å². The number of fused-ring (bicyclic) bond motifs is 2. The maximum Gasteiger partial charge on any atom is 0.255 e. The number of aliphatic hydroxyl groups is 1. The molecule has 2 bridgehead atoms. The highest BCUT2D eigenvalue weighted by molar-refractivity contribution is 6.22. The number of Topliss-reactive ketones (excluding diaryl/α,β-unsaturated/α-hetero) is 1. The first kappa shape index (κ1) is 17.4. The average Bonchev–Trinajstić information content (AvgIpc) is 2.85. The summed E-state index contributed by atoms with van der Waals surface area (Å²) in [5, 5.41) is 13.5. The van der Waals surface area contributed by atoms with Crippen LogP contribution in [0.25, 0.3) is 0 Å². The molecular weight excluding hydrogens is 302 g/mol. The van der Waals surface area contributed by atoms with Crippen LogP contribution in [0.15, 0.2) is 23.3 Å². The van der Waals surface area contributed by atoms with Gasteiger partial charge in [-0.1, -0.05) is 32.9 Å². The van der Waals surface area contributed by atoms with E-state index in [0.29, 0.717) is 23.8 Å². The van der Waals surface area contributed by atoms with Crippen LogP contribution in [0.1, 0.15) is 53.9 Å². The van der Waals surface area contributed by atoms with Crippen LogP contribution in [0.2, 0.25) is 0 Å². The van der Waals surface area contributed by atoms with Gasteiger partial charge in [0.1, 0.15) is 0 Å². The lowest BCUT2D eigenvalue weighted by Crippen LogP contribution is -2.30. The van der Waals surface area contributed by atoms with Crippen LogP contribution in [-0.2, 0) is 9.59 Å². The number of carbonyl (C=O) groups excluding carboxylic acids is 2. The first-order chi connectivity index (χ1) is 11.0. The van der Waals surface area contributed by atoms with Gasteiger partial charge in [-0.05, 0) is 55.9 Å². The van der Waals surface area contributed by atoms with Crippen LogP contribution < -0.4 is 5.32 Å². The van der Waals surface area contributed by atoms with Crippen molar-refractivity contribution in [3.05, 3.63) is 23.3 Å². The third-order valence-electron chi connectivity index (χ3n) is 6.57. The van der Waals surface area contributed by atoms with Crippen LogP contribution in [-0.4, -0.2) is 28.4 Å². The number of nitrogens with one attached hydrogen (secondary N) is 1. The summed E-state index contributed by atoms with van der Waals surface area (Å²) in [6, 6.07) is -0.290. The predicted molar refractivity (Wildman–Crippen MR) is 93.2 cm³/mol. The lowest BCUT2D eigenvalue weighted by Gasteiger charge is -2.20. The van der Waals surface area contributed by atoms with E-state index < -0.39 is 5.60 Å². The maximum atomic E-state index is 12.8. The summed E-state index contributed by atoms with van der Waals surface area (Å²) in [5.41, 5.74) is 0.420. The molecule has 3 aliphatic rings. The van der Waals surface area contributed by atoms with Crippen LogP contribution in [0.5, 0.6) is 0 Å². The topological polar surface area (TPSA) is 66.4 Å². The molecule has 0 radical (unpaired) electrons. The number of hydrogen-bond acceptors (Lipinski definition) is 3. The summed E-state index contributed by atoms with van der Waals surface area (Å²) >= 11 is 0. The number of rotatable bonds is 0. The Hall–Kier alpha value is -1.42. The summed E-state index contributed by atoms with van der Waals surface area (Å²) in [4.78, 5) is 25.1. The molecule has 0 spiro atoms. The van der Waals surface area contributed by atoms with Crippen molar-refractivity contribution in [1.29, 1.82) is 0 Å². The third-order valence-corrected chi connectivity index (χ3v) is 6.57. The molecule has 2 aliphatic carbocycles. The zero-order valence-corrected chi connectivity index (χ0v) is 15.3. The Bertz CT molecular complexity index is 641. The van der Waals surface area contributed by atoms with Crippen molar-refractivity contribution in [1.82, 2.24) is 5.32 Å². The standard InChI is InChI=1S/C20H29NO3/c1-11-10-14-13(19(14,3)4)6-8-20(5,24)9-7-15-12(2)16(17(11)22)18(23)21-15/h7,9,11,13-15,24H,6,8,10H2,1-5H3,(H,21,23)/b9-7+. The Morgan fingerprint density at radius 2 is 1.88 bits per heavy atom. The van der Waals surface area contributed by atoms with Gasteiger partial charge in [-0.25, -0.2) is 0 Å². The largest absolute Gasteiger partial charge is 0.386 e. The fourth-order valence-electron chi connectivity index (χ4n) is 4.62. The smallest absolute Gasteiger partial charge is 0.255 e. The van der Waals surface area contributed by atoms with E-state index in [-0.39, 0.29) is 29.1 Å². The van der Waals surface area contributed by atoms with Crippen molar-refractivity contribution in [3.63, 3.8) is 0 Å². The molecule has 1 amide bonds. The van der Waals surface area contributed by atoms with Crippen molar-refractivity contribution in [2.24, 2.45) is 23.2 Å². The SMILES string of the molecule is CC1=C2C(=O)NC1/C=C/C(C)(O)CCC1C(CC(C)C2=O)C1(C)C. The summed E-state index contributed by atoms with van der Waals surface area (Å²) in [6.45, 7) is 10.1. The molecule has 5 unspecified atom stereocenters. The minimum absolute atomic E-state index is 0.0339. The van der Waals surface area contributed by atoms with Gasteiger partial charge in [0.25, 0.3) is 5.91 Å². The normalized spacial score (nSPS) is 43.2. The fourth-order valence-corrected chi connectivity index (χ4v) is 4.62. The van der Waals surface area contributed by atoms with E-state index in [1.54, 1.807) is 6.08 Å². The van der Waals surface area contributed by atoms with Crippen LogP contribution in [0.4, 0.5) is 0 Å². The Kier molecular flexibility index (Phi) is 4.03. The minimum atomic E-state index is -0.888. The highest BCUT2D eigenvalue weighted by Crippen LogP contribution is 2.63. The predicted octanol–water partition coefficient (Wildman–Crippen LogP) is 2.77. The van der Waals surface area contributed by atoms with E-state index in [1.165, 1.54) is 0 Å². The van der Waals surface area contributed by atoms with E-state index in [0.717, 1.165) is 18.4 Å². The van der Waals surface area contributed by atoms with Crippen molar-refractivity contribution < 1.29 is 14.7 Å². The lowest BCUT2D eigenvalue weighted by molar-refractivity contribution is -0.124. The quantitative estimate of drug-likeness (QED) is 0.530. The molecule has 0 aromatic heterocycles. The molecule has 2 N–H and O–H groups in total. The molecular formula is C20H29NO3. The first-order valence-corrected chi connectivity index (χ1v) is 9.02. The van der Waals surface area contributed by atoms with Gasteiger partial charge in [-0.3, -0.25) is 9.59 Å². The molecule has 0 aromatic rings. The second-order valence-electron chi connectivity index (χ2n) is 8.80. The zero-order valence-electron chi connectivity index (χ0n) is 15.3. The van der Waals surface area contributed by atoms with Crippen molar-refractivity contribution in [2.45, 2.75) is 65.5 Å². The van der Waals surface area contributed by atoms with Crippen molar-refractivity contribution >= 4 is 11.7 Å². The van der Waals surface area contributed by atoms with Gasteiger partial charge in [0.2, 0.25) is 0 Å². The maximum absolute atomic E-state index is 12.8. The number of hydrogen-bond donors (Lipinski definition) is 2. The van der Waals surface area contributed by atoms with Gasteiger partial charge in [0.05, 0.1) is 17.2 Å². The van der Waals surface area contributed by atoms with Gasteiger partial charge in [-0.15, -0.1) is 0 Å². The molecule has 4 nitrogen and oxygen atoms in total. The van der Waals surface area contributed by atoms with E-state index in [4.69, 9.17) is 0 Å².